The van der Waals surface area contributed by atoms with Gasteiger partial charge in [0, 0.05) is 41.0 Å². The highest BCUT2D eigenvalue weighted by molar-refractivity contribution is 5.92. The Balaban J connectivity index is 1.37. The molecule has 0 spiro atoms. The highest BCUT2D eigenvalue weighted by Gasteiger charge is 2.33. The first kappa shape index (κ1) is 24.3. The average molecular weight is 512 g/mol. The summed E-state index contributed by atoms with van der Waals surface area (Å²) < 4.78 is 65.0. The van der Waals surface area contributed by atoms with Crippen LogP contribution in [0.5, 0.6) is 5.88 Å². The Morgan fingerprint density at radius 1 is 1.11 bits per heavy atom. The second-order valence-corrected chi connectivity index (χ2v) is 8.36. The first-order valence-electron chi connectivity index (χ1n) is 11.3. The van der Waals surface area contributed by atoms with Gasteiger partial charge in [-0.3, -0.25) is 5.32 Å². The van der Waals surface area contributed by atoms with Crippen molar-refractivity contribution in [1.82, 2.24) is 9.97 Å². The van der Waals surface area contributed by atoms with Crippen molar-refractivity contribution in [3.8, 4) is 17.0 Å². The number of fused-ring (bicyclic) bond motifs is 2. The van der Waals surface area contributed by atoms with E-state index in [1.165, 1.54) is 36.5 Å². The molecular formula is C26H20F4N4O3. The van der Waals surface area contributed by atoms with Crippen molar-refractivity contribution >= 4 is 28.4 Å². The lowest BCUT2D eigenvalue weighted by Crippen LogP contribution is -2.20. The van der Waals surface area contributed by atoms with Crippen LogP contribution in [0.3, 0.4) is 0 Å². The number of hydrogen-bond acceptors (Lipinski definition) is 6. The summed E-state index contributed by atoms with van der Waals surface area (Å²) in [5, 5.41) is 6.69. The molecule has 1 amide bonds. The van der Waals surface area contributed by atoms with Crippen LogP contribution in [-0.4, -0.2) is 29.2 Å². The van der Waals surface area contributed by atoms with Gasteiger partial charge >= 0.3 is 12.3 Å². The van der Waals surface area contributed by atoms with E-state index in [0.717, 1.165) is 11.6 Å². The van der Waals surface area contributed by atoms with Gasteiger partial charge in [-0.15, -0.1) is 0 Å². The van der Waals surface area contributed by atoms with E-state index in [9.17, 15) is 18.0 Å². The van der Waals surface area contributed by atoms with E-state index in [-0.39, 0.29) is 11.4 Å². The number of halogens is 4. The number of nitrogens with one attached hydrogen (secondary N) is 2. The summed E-state index contributed by atoms with van der Waals surface area (Å²) in [6.45, 7) is 2.36. The highest BCUT2D eigenvalue weighted by atomic mass is 19.4. The fourth-order valence-corrected chi connectivity index (χ4v) is 4.14. The third-order valence-electron chi connectivity index (χ3n) is 5.96. The summed E-state index contributed by atoms with van der Waals surface area (Å²) in [6.07, 6.45) is -2.63. The number of benzene rings is 2. The SMILES string of the molecule is Cc1c(-c2cc3cc(NC(=O)OCc4ccccc4C(F)(F)F)ncc3cc2F)cnc2c1NCCO2. The predicted molar refractivity (Wildman–Crippen MR) is 129 cm³/mol. The molecular weight excluding hydrogens is 492 g/mol. The van der Waals surface area contributed by atoms with Crippen molar-refractivity contribution in [2.75, 3.05) is 23.8 Å². The Morgan fingerprint density at radius 3 is 2.73 bits per heavy atom. The topological polar surface area (TPSA) is 85.4 Å². The standard InChI is InChI=1S/C26H20F4N4O3/c1-14-19(12-33-24-23(14)31-6-7-36-24)18-8-16-10-22(32-11-17(16)9-21(18)27)34-25(35)37-13-15-4-2-3-5-20(15)26(28,29)30/h2-5,8-12,31H,6-7,13H2,1H3,(H,32,34,35). The number of alkyl halides is 3. The first-order chi connectivity index (χ1) is 17.7. The minimum Gasteiger partial charge on any atom is -0.474 e. The smallest absolute Gasteiger partial charge is 0.416 e. The number of aromatic nitrogens is 2. The van der Waals surface area contributed by atoms with Crippen molar-refractivity contribution in [3.63, 3.8) is 0 Å². The van der Waals surface area contributed by atoms with E-state index < -0.39 is 30.3 Å². The summed E-state index contributed by atoms with van der Waals surface area (Å²) in [5.74, 6) is 0.0783. The molecule has 190 valence electrons. The molecule has 4 aromatic rings. The maximum Gasteiger partial charge on any atom is 0.416 e. The van der Waals surface area contributed by atoms with Crippen LogP contribution in [0.25, 0.3) is 21.9 Å². The Morgan fingerprint density at radius 2 is 1.92 bits per heavy atom. The minimum atomic E-state index is -4.57. The third-order valence-corrected chi connectivity index (χ3v) is 5.96. The van der Waals surface area contributed by atoms with E-state index >= 15 is 4.39 Å². The Hall–Kier alpha value is -4.41. The summed E-state index contributed by atoms with van der Waals surface area (Å²) in [4.78, 5) is 20.6. The summed E-state index contributed by atoms with van der Waals surface area (Å²) in [6, 6.07) is 9.30. The maximum absolute atomic E-state index is 15.0. The van der Waals surface area contributed by atoms with Crippen LogP contribution in [0.4, 0.5) is 33.9 Å². The van der Waals surface area contributed by atoms with Crippen LogP contribution in [0.2, 0.25) is 0 Å². The van der Waals surface area contributed by atoms with Gasteiger partial charge in [0.05, 0.1) is 5.56 Å². The minimum absolute atomic E-state index is 0.0921. The van der Waals surface area contributed by atoms with Crippen molar-refractivity contribution in [2.24, 2.45) is 0 Å². The van der Waals surface area contributed by atoms with Crippen LogP contribution in [0, 0.1) is 12.7 Å². The Bertz CT molecular complexity index is 1510. The first-order valence-corrected chi connectivity index (χ1v) is 11.3. The zero-order valence-electron chi connectivity index (χ0n) is 19.4. The van der Waals surface area contributed by atoms with Crippen molar-refractivity contribution < 1.29 is 31.8 Å². The van der Waals surface area contributed by atoms with Gasteiger partial charge in [-0.25, -0.2) is 19.2 Å². The van der Waals surface area contributed by atoms with Crippen LogP contribution in [-0.2, 0) is 17.5 Å². The molecule has 0 aliphatic carbocycles. The normalized spacial score (nSPS) is 12.9. The summed E-state index contributed by atoms with van der Waals surface area (Å²) in [5.41, 5.74) is 1.30. The molecule has 1 aliphatic heterocycles. The Labute approximate surface area is 208 Å². The van der Waals surface area contributed by atoms with Gasteiger partial charge in [-0.2, -0.15) is 13.2 Å². The lowest BCUT2D eigenvalue weighted by molar-refractivity contribution is -0.138. The van der Waals surface area contributed by atoms with Gasteiger partial charge in [0.2, 0.25) is 5.88 Å². The molecule has 2 N–H and O–H groups in total. The monoisotopic (exact) mass is 512 g/mol. The number of anilines is 2. The summed E-state index contributed by atoms with van der Waals surface area (Å²) >= 11 is 0. The summed E-state index contributed by atoms with van der Waals surface area (Å²) in [7, 11) is 0. The van der Waals surface area contributed by atoms with Crippen LogP contribution >= 0.6 is 0 Å². The maximum atomic E-state index is 15.0. The van der Waals surface area contributed by atoms with E-state index in [0.29, 0.717) is 46.6 Å². The van der Waals surface area contributed by atoms with Crippen molar-refractivity contribution in [2.45, 2.75) is 19.7 Å². The van der Waals surface area contributed by atoms with Gasteiger partial charge in [-0.1, -0.05) is 18.2 Å². The molecule has 11 heteroatoms. The molecule has 3 heterocycles. The van der Waals surface area contributed by atoms with Crippen LogP contribution in [0.15, 0.2) is 54.9 Å². The lowest BCUT2D eigenvalue weighted by atomic mass is 9.98. The molecule has 1 aliphatic rings. The number of carbonyl (C=O) groups excluding carboxylic acids is 1. The molecule has 37 heavy (non-hydrogen) atoms. The van der Waals surface area contributed by atoms with Crippen LogP contribution in [0.1, 0.15) is 16.7 Å². The average Bonchev–Trinajstić information content (AvgIpc) is 2.87. The van der Waals surface area contributed by atoms with E-state index in [4.69, 9.17) is 9.47 Å². The molecule has 5 rings (SSSR count). The fourth-order valence-electron chi connectivity index (χ4n) is 4.14. The van der Waals surface area contributed by atoms with Gasteiger partial charge in [0.25, 0.3) is 0 Å². The number of nitrogens with zero attached hydrogens (tertiary/aromatic N) is 2. The number of rotatable bonds is 4. The van der Waals surface area contributed by atoms with Crippen LogP contribution < -0.4 is 15.4 Å². The second-order valence-electron chi connectivity index (χ2n) is 8.36. The molecule has 0 bridgehead atoms. The molecule has 0 radical (unpaired) electrons. The zero-order chi connectivity index (χ0) is 26.2. The predicted octanol–water partition coefficient (Wildman–Crippen LogP) is 6.32. The number of carbonyl (C=O) groups is 1. The van der Waals surface area contributed by atoms with Crippen molar-refractivity contribution in [1.29, 1.82) is 0 Å². The van der Waals surface area contributed by atoms with E-state index in [1.54, 1.807) is 12.3 Å². The van der Waals surface area contributed by atoms with Gasteiger partial charge < -0.3 is 14.8 Å². The van der Waals surface area contributed by atoms with E-state index in [1.807, 2.05) is 6.92 Å². The number of ether oxygens (including phenoxy) is 2. The quantitative estimate of drug-likeness (QED) is 0.312. The molecule has 2 aromatic carbocycles. The third kappa shape index (κ3) is 4.97. The molecule has 0 fully saturated rings. The molecule has 0 unspecified atom stereocenters. The number of amides is 1. The molecule has 0 atom stereocenters. The molecule has 0 saturated heterocycles. The molecule has 7 nitrogen and oxygen atoms in total. The molecule has 2 aromatic heterocycles. The van der Waals surface area contributed by atoms with Crippen molar-refractivity contribution in [3.05, 3.63) is 77.4 Å². The highest BCUT2D eigenvalue weighted by Crippen LogP contribution is 2.37. The molecule has 0 saturated carbocycles. The lowest BCUT2D eigenvalue weighted by Gasteiger charge is -2.21. The number of hydrogen-bond donors (Lipinski definition) is 2. The van der Waals surface area contributed by atoms with Gasteiger partial charge in [0.15, 0.2) is 0 Å². The largest absolute Gasteiger partial charge is 0.474 e. The zero-order valence-corrected chi connectivity index (χ0v) is 19.4. The van der Waals surface area contributed by atoms with Gasteiger partial charge in [0.1, 0.15) is 30.5 Å². The fraction of sp³-hybridized carbons (Fsp3) is 0.192. The van der Waals surface area contributed by atoms with Gasteiger partial charge in [-0.05, 0) is 42.1 Å². The second kappa shape index (κ2) is 9.57. The Kier molecular flexibility index (Phi) is 6.28. The number of pyridine rings is 2. The van der Waals surface area contributed by atoms with E-state index in [2.05, 4.69) is 20.6 Å².